The Kier molecular flexibility index (Phi) is 2.61. The molecule has 0 N–H and O–H groups in total. The molecule has 0 saturated carbocycles. The van der Waals surface area contributed by atoms with Crippen LogP contribution >= 0.6 is 0 Å². The lowest BCUT2D eigenvalue weighted by molar-refractivity contribution is -0.109. The summed E-state index contributed by atoms with van der Waals surface area (Å²) in [6, 6.07) is 0. The zero-order valence-electron chi connectivity index (χ0n) is 9.96. The van der Waals surface area contributed by atoms with Gasteiger partial charge in [-0.05, 0) is 20.8 Å². The fraction of sp³-hybridized carbons (Fsp3) is 0.909. The number of ether oxygens (including phenoxy) is 2. The van der Waals surface area contributed by atoms with Crippen LogP contribution in [-0.4, -0.2) is 48.1 Å². The van der Waals surface area contributed by atoms with Gasteiger partial charge in [-0.3, -0.25) is 0 Å². The molecule has 0 bridgehead atoms. The number of halogens is 1. The molecule has 0 aromatic carbocycles. The molecule has 16 heavy (non-hydrogen) atoms. The van der Waals surface area contributed by atoms with Crippen LogP contribution in [-0.2, 0) is 9.47 Å². The van der Waals surface area contributed by atoms with Gasteiger partial charge >= 0.3 is 6.09 Å². The number of rotatable bonds is 0. The molecule has 0 radical (unpaired) electrons. The third-order valence-corrected chi connectivity index (χ3v) is 2.77. The van der Waals surface area contributed by atoms with Crippen LogP contribution in [0.15, 0.2) is 0 Å². The second-order valence-electron chi connectivity index (χ2n) is 5.63. The van der Waals surface area contributed by atoms with Gasteiger partial charge in [0.05, 0.1) is 19.7 Å². The standard InChI is InChI=1S/C11H18FNO3/c1-10(2,3)16-9(14)13-6-11(7-13)4-8(12)5-15-11/h8H,4-7H2,1-3H3/t8-/m0/s1. The number of alkyl halides is 1. The van der Waals surface area contributed by atoms with Gasteiger partial charge in [0, 0.05) is 6.42 Å². The molecule has 0 aromatic heterocycles. The molecular weight excluding hydrogens is 213 g/mol. The first-order valence-corrected chi connectivity index (χ1v) is 5.56. The Balaban J connectivity index is 1.82. The average molecular weight is 231 g/mol. The van der Waals surface area contributed by atoms with Crippen LogP contribution in [0.25, 0.3) is 0 Å². The van der Waals surface area contributed by atoms with Crippen molar-refractivity contribution in [3.63, 3.8) is 0 Å². The van der Waals surface area contributed by atoms with E-state index in [-0.39, 0.29) is 12.7 Å². The summed E-state index contributed by atoms with van der Waals surface area (Å²) >= 11 is 0. The fourth-order valence-electron chi connectivity index (χ4n) is 2.11. The van der Waals surface area contributed by atoms with Gasteiger partial charge in [-0.25, -0.2) is 9.18 Å². The highest BCUT2D eigenvalue weighted by Crippen LogP contribution is 2.36. The number of carbonyl (C=O) groups excluding carboxylic acids is 1. The number of nitrogens with zero attached hydrogens (tertiary/aromatic N) is 1. The van der Waals surface area contributed by atoms with Crippen molar-refractivity contribution < 1.29 is 18.7 Å². The van der Waals surface area contributed by atoms with Gasteiger partial charge in [0.15, 0.2) is 0 Å². The summed E-state index contributed by atoms with van der Waals surface area (Å²) in [7, 11) is 0. The van der Waals surface area contributed by atoms with Crippen molar-refractivity contribution in [1.29, 1.82) is 0 Å². The first-order chi connectivity index (χ1) is 7.30. The van der Waals surface area contributed by atoms with Crippen molar-refractivity contribution >= 4 is 6.09 Å². The smallest absolute Gasteiger partial charge is 0.410 e. The highest BCUT2D eigenvalue weighted by Gasteiger charge is 2.52. The minimum absolute atomic E-state index is 0.155. The molecule has 0 aliphatic carbocycles. The number of hydrogen-bond acceptors (Lipinski definition) is 3. The zero-order valence-corrected chi connectivity index (χ0v) is 9.96. The van der Waals surface area contributed by atoms with Crippen LogP contribution in [0.3, 0.4) is 0 Å². The highest BCUT2D eigenvalue weighted by molar-refractivity contribution is 5.69. The molecule has 4 nitrogen and oxygen atoms in total. The molecule has 1 spiro atoms. The Bertz CT molecular complexity index is 294. The summed E-state index contributed by atoms with van der Waals surface area (Å²) in [5.41, 5.74) is -0.921. The van der Waals surface area contributed by atoms with Crippen LogP contribution < -0.4 is 0 Å². The van der Waals surface area contributed by atoms with Crippen LogP contribution in [0.5, 0.6) is 0 Å². The van der Waals surface area contributed by atoms with E-state index in [1.54, 1.807) is 4.90 Å². The molecule has 5 heteroatoms. The third-order valence-electron chi connectivity index (χ3n) is 2.77. The lowest BCUT2D eigenvalue weighted by atomic mass is 9.91. The van der Waals surface area contributed by atoms with Crippen molar-refractivity contribution in [1.82, 2.24) is 4.90 Å². The van der Waals surface area contributed by atoms with E-state index in [4.69, 9.17) is 9.47 Å². The van der Waals surface area contributed by atoms with E-state index >= 15 is 0 Å². The van der Waals surface area contributed by atoms with E-state index in [0.29, 0.717) is 19.5 Å². The van der Waals surface area contributed by atoms with Gasteiger partial charge in [-0.2, -0.15) is 0 Å². The maximum absolute atomic E-state index is 13.0. The molecule has 0 unspecified atom stereocenters. The normalized spacial score (nSPS) is 28.0. The Morgan fingerprint density at radius 1 is 1.50 bits per heavy atom. The largest absolute Gasteiger partial charge is 0.444 e. The number of likely N-dealkylation sites (tertiary alicyclic amines) is 1. The van der Waals surface area contributed by atoms with Crippen molar-refractivity contribution in [2.75, 3.05) is 19.7 Å². The summed E-state index contributed by atoms with van der Waals surface area (Å²) in [6.45, 7) is 6.52. The molecule has 2 aliphatic rings. The maximum Gasteiger partial charge on any atom is 0.410 e. The lowest BCUT2D eigenvalue weighted by Gasteiger charge is -2.46. The predicted octanol–water partition coefficient (Wildman–Crippen LogP) is 1.73. The predicted molar refractivity (Wildman–Crippen MR) is 56.0 cm³/mol. The van der Waals surface area contributed by atoms with Crippen LogP contribution in [0, 0.1) is 0 Å². The summed E-state index contributed by atoms with van der Waals surface area (Å²) in [6.07, 6.45) is -0.837. The summed E-state index contributed by atoms with van der Waals surface area (Å²) < 4.78 is 23.6. The number of amides is 1. The second-order valence-corrected chi connectivity index (χ2v) is 5.63. The molecule has 1 atom stereocenters. The van der Waals surface area contributed by atoms with Crippen LogP contribution in [0.4, 0.5) is 9.18 Å². The summed E-state index contributed by atoms with van der Waals surface area (Å²) in [5, 5.41) is 0. The molecule has 92 valence electrons. The topological polar surface area (TPSA) is 38.8 Å². The van der Waals surface area contributed by atoms with Crippen molar-refractivity contribution in [3.8, 4) is 0 Å². The van der Waals surface area contributed by atoms with E-state index in [1.165, 1.54) is 0 Å². The summed E-state index contributed by atoms with van der Waals surface area (Å²) in [4.78, 5) is 13.2. The van der Waals surface area contributed by atoms with Gasteiger partial charge in [-0.15, -0.1) is 0 Å². The maximum atomic E-state index is 13.0. The van der Waals surface area contributed by atoms with Crippen molar-refractivity contribution in [2.45, 2.75) is 44.6 Å². The van der Waals surface area contributed by atoms with Gasteiger partial charge < -0.3 is 14.4 Å². The Morgan fingerprint density at radius 2 is 2.12 bits per heavy atom. The number of carbonyl (C=O) groups is 1. The second kappa shape index (κ2) is 3.58. The van der Waals surface area contributed by atoms with Crippen LogP contribution in [0.2, 0.25) is 0 Å². The van der Waals surface area contributed by atoms with E-state index in [9.17, 15) is 9.18 Å². The SMILES string of the molecule is CC(C)(C)OC(=O)N1CC2(C[C@H](F)CO2)C1. The van der Waals surface area contributed by atoms with Gasteiger partial charge in [0.1, 0.15) is 17.4 Å². The lowest BCUT2D eigenvalue weighted by Crippen LogP contribution is -2.63. The minimum Gasteiger partial charge on any atom is -0.444 e. The molecule has 2 heterocycles. The van der Waals surface area contributed by atoms with Crippen molar-refractivity contribution in [2.24, 2.45) is 0 Å². The van der Waals surface area contributed by atoms with E-state index < -0.39 is 17.4 Å². The van der Waals surface area contributed by atoms with Crippen LogP contribution in [0.1, 0.15) is 27.2 Å². The molecule has 2 saturated heterocycles. The van der Waals surface area contributed by atoms with Gasteiger partial charge in [0.2, 0.25) is 0 Å². The molecule has 0 aromatic rings. The molecular formula is C11H18FNO3. The van der Waals surface area contributed by atoms with Crippen molar-refractivity contribution in [3.05, 3.63) is 0 Å². The van der Waals surface area contributed by atoms with Gasteiger partial charge in [-0.1, -0.05) is 0 Å². The van der Waals surface area contributed by atoms with E-state index in [1.807, 2.05) is 20.8 Å². The Morgan fingerprint density at radius 3 is 2.56 bits per heavy atom. The monoisotopic (exact) mass is 231 g/mol. The molecule has 2 rings (SSSR count). The zero-order chi connectivity index (χ0) is 12.0. The Hall–Kier alpha value is -0.840. The highest BCUT2D eigenvalue weighted by atomic mass is 19.1. The molecule has 2 aliphatic heterocycles. The first kappa shape index (κ1) is 11.6. The van der Waals surface area contributed by atoms with Gasteiger partial charge in [0.25, 0.3) is 0 Å². The number of hydrogen-bond donors (Lipinski definition) is 0. The molecule has 1 amide bonds. The third kappa shape index (κ3) is 2.29. The van der Waals surface area contributed by atoms with E-state index in [2.05, 4.69) is 0 Å². The fourth-order valence-corrected chi connectivity index (χ4v) is 2.11. The quantitative estimate of drug-likeness (QED) is 0.637. The Labute approximate surface area is 94.7 Å². The van der Waals surface area contributed by atoms with E-state index in [0.717, 1.165) is 0 Å². The summed E-state index contributed by atoms with van der Waals surface area (Å²) in [5.74, 6) is 0. The first-order valence-electron chi connectivity index (χ1n) is 5.56. The average Bonchev–Trinajstić information content (AvgIpc) is 2.41. The minimum atomic E-state index is -0.888. The molecule has 2 fully saturated rings.